The van der Waals surface area contributed by atoms with Gasteiger partial charge in [-0.15, -0.1) is 0 Å². The number of rotatable bonds is 5. The fourth-order valence-electron chi connectivity index (χ4n) is 3.05. The molecule has 25 heavy (non-hydrogen) atoms. The third kappa shape index (κ3) is 4.22. The van der Waals surface area contributed by atoms with Crippen LogP contribution in [0.25, 0.3) is 11.4 Å². The number of piperidine rings is 1. The summed E-state index contributed by atoms with van der Waals surface area (Å²) in [6.07, 6.45) is 2.71. The zero-order valence-corrected chi connectivity index (χ0v) is 14.6. The molecule has 3 rings (SSSR count). The number of hydrogen-bond donors (Lipinski definition) is 1. The van der Waals surface area contributed by atoms with Crippen molar-refractivity contribution in [3.8, 4) is 11.4 Å². The van der Waals surface area contributed by atoms with Crippen LogP contribution in [-0.2, 0) is 11.2 Å². The molecule has 2 heterocycles. The second-order valence-electron chi connectivity index (χ2n) is 6.46. The summed E-state index contributed by atoms with van der Waals surface area (Å²) in [5, 5.41) is 7.23. The van der Waals surface area contributed by atoms with E-state index in [0.717, 1.165) is 25.9 Å². The molecule has 1 saturated heterocycles. The standard InChI is InChI=1S/C18H23FN4O2/c1-12-11-13(3-4-15(12)19)18-21-16(25-22-18)5-6-17(24)23(2)14-7-9-20-10-8-14/h3-4,11,14,20H,5-10H2,1-2H3. The summed E-state index contributed by atoms with van der Waals surface area (Å²) in [4.78, 5) is 18.5. The highest BCUT2D eigenvalue weighted by Crippen LogP contribution is 2.19. The first-order chi connectivity index (χ1) is 12.0. The Balaban J connectivity index is 1.57. The van der Waals surface area contributed by atoms with Gasteiger partial charge in [-0.25, -0.2) is 4.39 Å². The molecule has 2 aromatic rings. The summed E-state index contributed by atoms with van der Waals surface area (Å²) in [7, 11) is 1.86. The van der Waals surface area contributed by atoms with Gasteiger partial charge in [-0.2, -0.15) is 4.98 Å². The van der Waals surface area contributed by atoms with Crippen molar-refractivity contribution in [1.82, 2.24) is 20.4 Å². The highest BCUT2D eigenvalue weighted by Gasteiger charge is 2.22. The fourth-order valence-corrected chi connectivity index (χ4v) is 3.05. The Kier molecular flexibility index (Phi) is 5.43. The van der Waals surface area contributed by atoms with Crippen molar-refractivity contribution < 1.29 is 13.7 Å². The van der Waals surface area contributed by atoms with E-state index in [4.69, 9.17) is 4.52 Å². The second kappa shape index (κ2) is 7.74. The monoisotopic (exact) mass is 346 g/mol. The first kappa shape index (κ1) is 17.5. The number of benzene rings is 1. The molecule has 0 saturated carbocycles. The number of carbonyl (C=O) groups is 1. The van der Waals surface area contributed by atoms with Gasteiger partial charge in [0.2, 0.25) is 17.6 Å². The van der Waals surface area contributed by atoms with Crippen LogP contribution in [0.4, 0.5) is 4.39 Å². The predicted octanol–water partition coefficient (Wildman–Crippen LogP) is 2.33. The largest absolute Gasteiger partial charge is 0.343 e. The summed E-state index contributed by atoms with van der Waals surface area (Å²) < 4.78 is 18.6. The lowest BCUT2D eigenvalue weighted by molar-refractivity contribution is -0.132. The highest BCUT2D eigenvalue weighted by molar-refractivity contribution is 5.76. The molecule has 0 radical (unpaired) electrons. The number of nitrogens with one attached hydrogen (secondary N) is 1. The van der Waals surface area contributed by atoms with Crippen LogP contribution in [0.5, 0.6) is 0 Å². The van der Waals surface area contributed by atoms with Gasteiger partial charge < -0.3 is 14.7 Å². The maximum Gasteiger partial charge on any atom is 0.227 e. The molecule has 1 fully saturated rings. The molecule has 0 bridgehead atoms. The van der Waals surface area contributed by atoms with Crippen molar-refractivity contribution in [1.29, 1.82) is 0 Å². The van der Waals surface area contributed by atoms with E-state index >= 15 is 0 Å². The van der Waals surface area contributed by atoms with Crippen LogP contribution < -0.4 is 5.32 Å². The van der Waals surface area contributed by atoms with Crippen LogP contribution in [0, 0.1) is 12.7 Å². The normalized spacial score (nSPS) is 15.3. The van der Waals surface area contributed by atoms with E-state index in [0.29, 0.717) is 41.7 Å². The van der Waals surface area contributed by atoms with Gasteiger partial charge in [0, 0.05) is 31.5 Å². The first-order valence-corrected chi connectivity index (χ1v) is 8.60. The van der Waals surface area contributed by atoms with Gasteiger partial charge in [-0.1, -0.05) is 5.16 Å². The molecule has 1 N–H and O–H groups in total. The maximum absolute atomic E-state index is 13.3. The molecule has 1 aliphatic rings. The van der Waals surface area contributed by atoms with Gasteiger partial charge in [-0.3, -0.25) is 4.79 Å². The lowest BCUT2D eigenvalue weighted by Crippen LogP contribution is -2.44. The summed E-state index contributed by atoms with van der Waals surface area (Å²) in [6, 6.07) is 4.99. The lowest BCUT2D eigenvalue weighted by atomic mass is 10.0. The topological polar surface area (TPSA) is 71.3 Å². The number of halogens is 1. The number of amides is 1. The van der Waals surface area contributed by atoms with Gasteiger partial charge in [0.1, 0.15) is 5.82 Å². The molecule has 0 unspecified atom stereocenters. The minimum atomic E-state index is -0.265. The molecule has 0 aliphatic carbocycles. The summed E-state index contributed by atoms with van der Waals surface area (Å²) in [5.74, 6) is 0.657. The second-order valence-corrected chi connectivity index (χ2v) is 6.46. The SMILES string of the molecule is Cc1cc(-c2noc(CCC(=O)N(C)C3CCNCC3)n2)ccc1F. The van der Waals surface area contributed by atoms with Crippen molar-refractivity contribution in [2.24, 2.45) is 0 Å². The molecule has 1 aromatic heterocycles. The van der Waals surface area contributed by atoms with Gasteiger partial charge in [0.05, 0.1) is 0 Å². The Bertz CT molecular complexity index is 740. The summed E-state index contributed by atoms with van der Waals surface area (Å²) in [6.45, 7) is 3.59. The van der Waals surface area contributed by atoms with Crippen molar-refractivity contribution in [2.45, 2.75) is 38.6 Å². The Hall–Kier alpha value is -2.28. The smallest absolute Gasteiger partial charge is 0.227 e. The van der Waals surface area contributed by atoms with Crippen LogP contribution in [-0.4, -0.2) is 47.1 Å². The molecule has 1 aromatic carbocycles. The number of carbonyl (C=O) groups excluding carboxylic acids is 1. The zero-order valence-electron chi connectivity index (χ0n) is 14.6. The predicted molar refractivity (Wildman–Crippen MR) is 91.4 cm³/mol. The molecule has 0 atom stereocenters. The van der Waals surface area contributed by atoms with Gasteiger partial charge in [-0.05, 0) is 56.6 Å². The van der Waals surface area contributed by atoms with E-state index in [1.54, 1.807) is 19.1 Å². The first-order valence-electron chi connectivity index (χ1n) is 8.60. The minimum absolute atomic E-state index is 0.0873. The van der Waals surface area contributed by atoms with E-state index < -0.39 is 0 Å². The van der Waals surface area contributed by atoms with E-state index in [-0.39, 0.29) is 11.7 Å². The van der Waals surface area contributed by atoms with Crippen molar-refractivity contribution >= 4 is 5.91 Å². The van der Waals surface area contributed by atoms with Crippen LogP contribution in [0.2, 0.25) is 0 Å². The maximum atomic E-state index is 13.3. The molecule has 134 valence electrons. The van der Waals surface area contributed by atoms with Gasteiger partial charge in [0.25, 0.3) is 0 Å². The van der Waals surface area contributed by atoms with Crippen LogP contribution in [0.1, 0.15) is 30.7 Å². The lowest BCUT2D eigenvalue weighted by Gasteiger charge is -2.31. The van der Waals surface area contributed by atoms with Crippen LogP contribution in [0.3, 0.4) is 0 Å². The molecule has 6 nitrogen and oxygen atoms in total. The Labute approximate surface area is 146 Å². The van der Waals surface area contributed by atoms with Crippen molar-refractivity contribution in [3.63, 3.8) is 0 Å². The van der Waals surface area contributed by atoms with E-state index in [1.807, 2.05) is 11.9 Å². The Morgan fingerprint density at radius 2 is 2.16 bits per heavy atom. The van der Waals surface area contributed by atoms with E-state index in [9.17, 15) is 9.18 Å². The average Bonchev–Trinajstić information content (AvgIpc) is 3.11. The number of aryl methyl sites for hydroxylation is 2. The molecule has 0 spiro atoms. The van der Waals surface area contributed by atoms with Gasteiger partial charge >= 0.3 is 0 Å². The molecule has 7 heteroatoms. The molecule has 1 amide bonds. The third-order valence-corrected chi connectivity index (χ3v) is 4.69. The van der Waals surface area contributed by atoms with Crippen molar-refractivity contribution in [3.05, 3.63) is 35.5 Å². The molecular formula is C18H23FN4O2. The number of hydrogen-bond acceptors (Lipinski definition) is 5. The molecular weight excluding hydrogens is 323 g/mol. The Morgan fingerprint density at radius 1 is 1.40 bits per heavy atom. The Morgan fingerprint density at radius 3 is 2.88 bits per heavy atom. The average molecular weight is 346 g/mol. The quantitative estimate of drug-likeness (QED) is 0.900. The molecule has 1 aliphatic heterocycles. The van der Waals surface area contributed by atoms with Crippen LogP contribution >= 0.6 is 0 Å². The number of nitrogens with zero attached hydrogens (tertiary/aromatic N) is 3. The van der Waals surface area contributed by atoms with E-state index in [2.05, 4.69) is 15.5 Å². The van der Waals surface area contributed by atoms with Crippen molar-refractivity contribution in [2.75, 3.05) is 20.1 Å². The highest BCUT2D eigenvalue weighted by atomic mass is 19.1. The fraction of sp³-hybridized carbons (Fsp3) is 0.500. The minimum Gasteiger partial charge on any atom is -0.343 e. The number of aromatic nitrogens is 2. The zero-order chi connectivity index (χ0) is 17.8. The third-order valence-electron chi connectivity index (χ3n) is 4.69. The van der Waals surface area contributed by atoms with E-state index in [1.165, 1.54) is 6.07 Å². The van der Waals surface area contributed by atoms with Gasteiger partial charge in [0.15, 0.2) is 0 Å². The summed E-state index contributed by atoms with van der Waals surface area (Å²) >= 11 is 0. The van der Waals surface area contributed by atoms with Crippen LogP contribution in [0.15, 0.2) is 22.7 Å². The summed E-state index contributed by atoms with van der Waals surface area (Å²) in [5.41, 5.74) is 1.23.